The van der Waals surface area contributed by atoms with Crippen molar-refractivity contribution in [2.45, 2.75) is 47.5 Å². The first-order valence-corrected chi connectivity index (χ1v) is 14.6. The van der Waals surface area contributed by atoms with E-state index < -0.39 is 0 Å². The third-order valence-electron chi connectivity index (χ3n) is 7.52. The first kappa shape index (κ1) is 29.6. The van der Waals surface area contributed by atoms with Gasteiger partial charge >= 0.3 is 0 Å². The molecule has 0 aliphatic carbocycles. The molecule has 3 aromatic carbocycles. The van der Waals surface area contributed by atoms with Crippen LogP contribution < -0.4 is 15.0 Å². The molecule has 0 spiro atoms. The van der Waals surface area contributed by atoms with Crippen LogP contribution in [-0.2, 0) is 0 Å². The average molecular weight is 575 g/mol. The van der Waals surface area contributed by atoms with E-state index in [0.29, 0.717) is 29.9 Å². The summed E-state index contributed by atoms with van der Waals surface area (Å²) in [5, 5.41) is 5.29. The van der Waals surface area contributed by atoms with E-state index in [1.54, 1.807) is 18.4 Å². The second-order valence-corrected chi connectivity index (χ2v) is 10.9. The molecular formula is C36H38N4O3. The van der Waals surface area contributed by atoms with Gasteiger partial charge in [-0.05, 0) is 99.3 Å². The molecule has 0 unspecified atom stereocenters. The highest BCUT2D eigenvalue weighted by Crippen LogP contribution is 2.34. The van der Waals surface area contributed by atoms with Crippen LogP contribution in [0.1, 0.15) is 54.8 Å². The van der Waals surface area contributed by atoms with Gasteiger partial charge in [-0.15, -0.1) is 0 Å². The summed E-state index contributed by atoms with van der Waals surface area (Å²) in [4.78, 5) is 18.9. The molecule has 5 aromatic rings. The highest BCUT2D eigenvalue weighted by molar-refractivity contribution is 5.84. The molecule has 0 fully saturated rings. The Bertz CT molecular complexity index is 1880. The van der Waals surface area contributed by atoms with Gasteiger partial charge < -0.3 is 14.0 Å². The van der Waals surface area contributed by atoms with E-state index in [4.69, 9.17) is 19.6 Å². The summed E-state index contributed by atoms with van der Waals surface area (Å²) in [6.45, 7) is 17.1. The highest BCUT2D eigenvalue weighted by atomic mass is 16.5. The van der Waals surface area contributed by atoms with Gasteiger partial charge in [-0.25, -0.2) is 4.98 Å². The molecule has 7 heteroatoms. The number of rotatable bonds is 10. The van der Waals surface area contributed by atoms with E-state index in [9.17, 15) is 4.79 Å². The number of fused-ring (bicyclic) bond motifs is 1. The third-order valence-corrected chi connectivity index (χ3v) is 7.52. The van der Waals surface area contributed by atoms with Gasteiger partial charge in [-0.2, -0.15) is 9.78 Å². The SMILES string of the molecule is C=CCOc1ccc(-n2c(C)cc(C=Nn3c(-c4cc(C(C)C)c(OCC)cc4C)nc4ccccc4c3=O)c2C)cc1. The van der Waals surface area contributed by atoms with Crippen molar-refractivity contribution in [1.29, 1.82) is 0 Å². The summed E-state index contributed by atoms with van der Waals surface area (Å²) in [5.74, 6) is 2.35. The predicted octanol–water partition coefficient (Wildman–Crippen LogP) is 7.75. The van der Waals surface area contributed by atoms with E-state index in [1.807, 2.05) is 69.3 Å². The predicted molar refractivity (Wildman–Crippen MR) is 175 cm³/mol. The Morgan fingerprint density at radius 1 is 1.00 bits per heavy atom. The van der Waals surface area contributed by atoms with Crippen LogP contribution in [0.5, 0.6) is 11.5 Å². The summed E-state index contributed by atoms with van der Waals surface area (Å²) >= 11 is 0. The zero-order chi connectivity index (χ0) is 30.7. The van der Waals surface area contributed by atoms with Crippen LogP contribution in [0.2, 0.25) is 0 Å². The summed E-state index contributed by atoms with van der Waals surface area (Å²) in [6.07, 6.45) is 3.47. The lowest BCUT2D eigenvalue weighted by molar-refractivity contribution is 0.335. The maximum Gasteiger partial charge on any atom is 0.282 e. The van der Waals surface area contributed by atoms with Crippen LogP contribution in [0, 0.1) is 20.8 Å². The van der Waals surface area contributed by atoms with Gasteiger partial charge in [0.1, 0.15) is 18.1 Å². The zero-order valence-corrected chi connectivity index (χ0v) is 25.7. The average Bonchev–Trinajstić information content (AvgIpc) is 3.28. The van der Waals surface area contributed by atoms with Crippen LogP contribution >= 0.6 is 0 Å². The molecular weight excluding hydrogens is 536 g/mol. The normalized spacial score (nSPS) is 11.5. The van der Waals surface area contributed by atoms with E-state index in [2.05, 4.69) is 44.0 Å². The van der Waals surface area contributed by atoms with Crippen LogP contribution in [0.25, 0.3) is 28.0 Å². The monoisotopic (exact) mass is 574 g/mol. The van der Waals surface area contributed by atoms with Gasteiger partial charge in [0.2, 0.25) is 0 Å². The zero-order valence-electron chi connectivity index (χ0n) is 25.7. The number of aryl methyl sites for hydroxylation is 2. The van der Waals surface area contributed by atoms with Crippen LogP contribution in [0.4, 0.5) is 0 Å². The van der Waals surface area contributed by atoms with Crippen molar-refractivity contribution >= 4 is 17.1 Å². The van der Waals surface area contributed by atoms with Crippen molar-refractivity contribution in [2.75, 3.05) is 13.2 Å². The Balaban J connectivity index is 1.63. The van der Waals surface area contributed by atoms with E-state index in [-0.39, 0.29) is 11.5 Å². The Kier molecular flexibility index (Phi) is 8.62. The molecule has 0 aliphatic heterocycles. The minimum Gasteiger partial charge on any atom is -0.494 e. The Morgan fingerprint density at radius 2 is 1.74 bits per heavy atom. The quantitative estimate of drug-likeness (QED) is 0.126. The molecule has 43 heavy (non-hydrogen) atoms. The summed E-state index contributed by atoms with van der Waals surface area (Å²) in [7, 11) is 0. The summed E-state index contributed by atoms with van der Waals surface area (Å²) < 4.78 is 15.2. The Hall–Kier alpha value is -4.91. The van der Waals surface area contributed by atoms with Crippen molar-refractivity contribution in [1.82, 2.24) is 14.2 Å². The maximum atomic E-state index is 13.9. The second kappa shape index (κ2) is 12.5. The minimum absolute atomic E-state index is 0.220. The van der Waals surface area contributed by atoms with Gasteiger partial charge in [-0.1, -0.05) is 38.6 Å². The maximum absolute atomic E-state index is 13.9. The second-order valence-electron chi connectivity index (χ2n) is 10.9. The first-order valence-electron chi connectivity index (χ1n) is 14.6. The van der Waals surface area contributed by atoms with Gasteiger partial charge in [0, 0.05) is 28.2 Å². The molecule has 0 N–H and O–H groups in total. The van der Waals surface area contributed by atoms with E-state index in [1.165, 1.54) is 4.68 Å². The molecule has 0 amide bonds. The van der Waals surface area contributed by atoms with Crippen molar-refractivity contribution in [2.24, 2.45) is 5.10 Å². The topological polar surface area (TPSA) is 70.6 Å². The standard InChI is InChI=1S/C36H38N4O3/c1-8-18-43-29-16-14-28(15-17-29)39-25(6)20-27(26(39)7)22-37-40-35(38-33-13-11-10-12-30(33)36(40)41)32-21-31(23(3)4)34(42-9-2)19-24(32)5/h8,10-17,19-23H,1,9,18H2,2-7H3. The molecule has 5 rings (SSSR count). The smallest absolute Gasteiger partial charge is 0.282 e. The molecule has 0 bridgehead atoms. The molecule has 0 saturated carbocycles. The third kappa shape index (κ3) is 5.89. The number of nitrogens with zero attached hydrogens (tertiary/aromatic N) is 4. The fourth-order valence-corrected chi connectivity index (χ4v) is 5.36. The fraction of sp³-hybridized carbons (Fsp3) is 0.250. The fourth-order valence-electron chi connectivity index (χ4n) is 5.36. The van der Waals surface area contributed by atoms with Crippen LogP contribution in [0.15, 0.2) is 89.3 Å². The van der Waals surface area contributed by atoms with Gasteiger partial charge in [0.05, 0.1) is 23.7 Å². The lowest BCUT2D eigenvalue weighted by atomic mass is 9.96. The molecule has 0 aliphatic rings. The summed E-state index contributed by atoms with van der Waals surface area (Å²) in [5.41, 5.74) is 7.24. The van der Waals surface area contributed by atoms with Crippen molar-refractivity contribution in [3.8, 4) is 28.6 Å². The lowest BCUT2D eigenvalue weighted by Gasteiger charge is -2.18. The van der Waals surface area contributed by atoms with Crippen LogP contribution in [-0.4, -0.2) is 33.7 Å². The van der Waals surface area contributed by atoms with Crippen molar-refractivity contribution in [3.63, 3.8) is 0 Å². The number of para-hydroxylation sites is 1. The molecule has 0 radical (unpaired) electrons. The van der Waals surface area contributed by atoms with Crippen molar-refractivity contribution < 1.29 is 9.47 Å². The Labute approximate surface area is 252 Å². The first-order chi connectivity index (χ1) is 20.7. The number of benzene rings is 3. The molecule has 7 nitrogen and oxygen atoms in total. The van der Waals surface area contributed by atoms with Crippen molar-refractivity contribution in [3.05, 3.63) is 118 Å². The molecule has 0 saturated heterocycles. The number of ether oxygens (including phenoxy) is 2. The molecule has 220 valence electrons. The van der Waals surface area contributed by atoms with E-state index >= 15 is 0 Å². The highest BCUT2D eigenvalue weighted by Gasteiger charge is 2.19. The number of aromatic nitrogens is 3. The summed E-state index contributed by atoms with van der Waals surface area (Å²) in [6, 6.07) is 21.5. The van der Waals surface area contributed by atoms with Crippen LogP contribution in [0.3, 0.4) is 0 Å². The van der Waals surface area contributed by atoms with Gasteiger partial charge in [0.25, 0.3) is 5.56 Å². The minimum atomic E-state index is -0.222. The number of hydrogen-bond acceptors (Lipinski definition) is 5. The molecule has 2 heterocycles. The number of hydrogen-bond donors (Lipinski definition) is 0. The lowest BCUT2D eigenvalue weighted by Crippen LogP contribution is -2.21. The van der Waals surface area contributed by atoms with Gasteiger partial charge in [-0.3, -0.25) is 4.79 Å². The Morgan fingerprint density at radius 3 is 2.44 bits per heavy atom. The van der Waals surface area contributed by atoms with E-state index in [0.717, 1.165) is 50.8 Å². The largest absolute Gasteiger partial charge is 0.494 e. The molecule has 2 aromatic heterocycles. The molecule has 0 atom stereocenters. The van der Waals surface area contributed by atoms with Gasteiger partial charge in [0.15, 0.2) is 5.82 Å².